The van der Waals surface area contributed by atoms with Gasteiger partial charge in [-0.3, -0.25) is 0 Å². The van der Waals surface area contributed by atoms with Crippen molar-refractivity contribution in [1.29, 1.82) is 5.26 Å². The number of hydrogen-bond donors (Lipinski definition) is 0. The normalized spacial score (nSPS) is 10.6. The lowest BCUT2D eigenvalue weighted by atomic mass is 10.1. The Morgan fingerprint density at radius 1 is 1.21 bits per heavy atom. The van der Waals surface area contributed by atoms with Crippen molar-refractivity contribution in [3.05, 3.63) is 59.5 Å². The Hall–Kier alpha value is -3.65. The van der Waals surface area contributed by atoms with Crippen molar-refractivity contribution in [2.45, 2.75) is 6.43 Å². The number of hydrogen-bond acceptors (Lipinski definition) is 6. The molecular formula is C18H11F3N4O3S. The molecule has 0 bridgehead atoms. The van der Waals surface area contributed by atoms with Crippen LogP contribution in [-0.2, 0) is 10.5 Å². The van der Waals surface area contributed by atoms with Crippen LogP contribution in [0.15, 0.2) is 46.8 Å². The van der Waals surface area contributed by atoms with Gasteiger partial charge in [-0.2, -0.15) is 18.8 Å². The van der Waals surface area contributed by atoms with E-state index in [2.05, 4.69) is 9.46 Å². The van der Waals surface area contributed by atoms with Crippen molar-refractivity contribution in [3.8, 4) is 28.8 Å². The topological polar surface area (TPSA) is 97.3 Å². The van der Waals surface area contributed by atoms with Crippen molar-refractivity contribution < 1.29 is 26.3 Å². The summed E-state index contributed by atoms with van der Waals surface area (Å²) in [6, 6.07) is 10.9. The molecule has 148 valence electrons. The first kappa shape index (κ1) is 20.1. The quantitative estimate of drug-likeness (QED) is 0.617. The summed E-state index contributed by atoms with van der Waals surface area (Å²) in [5.41, 5.74) is -0.710. The van der Waals surface area contributed by atoms with Crippen LogP contribution >= 0.6 is 0 Å². The van der Waals surface area contributed by atoms with Gasteiger partial charge in [0.15, 0.2) is 11.6 Å². The predicted octanol–water partition coefficient (Wildman–Crippen LogP) is 4.19. The van der Waals surface area contributed by atoms with E-state index in [1.54, 1.807) is 6.07 Å². The highest BCUT2D eigenvalue weighted by Gasteiger charge is 2.26. The number of benzene rings is 2. The first-order valence-corrected chi connectivity index (χ1v) is 8.95. The van der Waals surface area contributed by atoms with Crippen LogP contribution < -0.4 is 4.74 Å². The van der Waals surface area contributed by atoms with E-state index in [9.17, 15) is 26.9 Å². The third-order valence-electron chi connectivity index (χ3n) is 3.93. The Bertz CT molecular complexity index is 1240. The molecule has 29 heavy (non-hydrogen) atoms. The van der Waals surface area contributed by atoms with E-state index in [-0.39, 0.29) is 28.4 Å². The van der Waals surface area contributed by atoms with Crippen LogP contribution in [0.2, 0.25) is 0 Å². The van der Waals surface area contributed by atoms with Crippen LogP contribution in [0.5, 0.6) is 5.75 Å². The van der Waals surface area contributed by atoms with Crippen molar-refractivity contribution >= 4 is 16.2 Å². The Morgan fingerprint density at radius 3 is 2.41 bits per heavy atom. The van der Waals surface area contributed by atoms with Gasteiger partial charge in [0.1, 0.15) is 17.3 Å². The molecule has 0 fully saturated rings. The maximum atomic E-state index is 14.2. The highest BCUT2D eigenvalue weighted by molar-refractivity contribution is 7.61. The summed E-state index contributed by atoms with van der Waals surface area (Å²) >= 11 is 0. The maximum Gasteiger partial charge on any atom is 0.316 e. The van der Waals surface area contributed by atoms with Crippen molar-refractivity contribution in [2.24, 2.45) is 4.36 Å². The van der Waals surface area contributed by atoms with E-state index >= 15 is 0 Å². The smallest absolute Gasteiger partial charge is 0.316 e. The number of ether oxygens (including phenoxy) is 1. The molecule has 3 aromatic rings. The van der Waals surface area contributed by atoms with Crippen molar-refractivity contribution in [3.63, 3.8) is 0 Å². The summed E-state index contributed by atoms with van der Waals surface area (Å²) in [5, 5.41) is 13.3. The molecule has 2 aromatic carbocycles. The van der Waals surface area contributed by atoms with E-state index in [0.29, 0.717) is 0 Å². The molecule has 0 unspecified atom stereocenters. The summed E-state index contributed by atoms with van der Waals surface area (Å²) < 4.78 is 71.6. The monoisotopic (exact) mass is 420 g/mol. The number of nitrogens with zero attached hydrogens (tertiary/aromatic N) is 4. The zero-order valence-corrected chi connectivity index (χ0v) is 15.5. The average Bonchev–Trinajstić information content (AvgIpc) is 3.08. The SMILES string of the molecule is COc1ccc(-c2c(C#N)c(C(F)F)nn2-c2ccc(N=S(=O)=O)cc2)cc1F. The summed E-state index contributed by atoms with van der Waals surface area (Å²) in [5.74, 6) is -0.795. The van der Waals surface area contributed by atoms with Gasteiger partial charge in [-0.15, -0.1) is 4.36 Å². The lowest BCUT2D eigenvalue weighted by Gasteiger charge is -2.10. The standard InChI is InChI=1S/C18H11F3N4O3S/c1-28-15-7-2-10(8-14(15)19)17-13(9-22)16(18(20)21)23-25(17)12-5-3-11(4-6-12)24-29(26)27/h2-8,18H,1H3. The molecule has 1 aromatic heterocycles. The van der Waals surface area contributed by atoms with Gasteiger partial charge in [0.25, 0.3) is 6.43 Å². The Labute approximate surface area is 164 Å². The molecule has 0 saturated carbocycles. The van der Waals surface area contributed by atoms with Crippen LogP contribution in [-0.4, -0.2) is 25.3 Å². The third kappa shape index (κ3) is 3.97. The number of rotatable bonds is 5. The fraction of sp³-hybridized carbons (Fsp3) is 0.111. The number of nitriles is 1. The first-order valence-electron chi connectivity index (χ1n) is 7.92. The van der Waals surface area contributed by atoms with E-state index in [0.717, 1.165) is 10.7 Å². The highest BCUT2D eigenvalue weighted by atomic mass is 32.2. The van der Waals surface area contributed by atoms with Gasteiger partial charge in [-0.05, 0) is 42.5 Å². The van der Waals surface area contributed by atoms with E-state index in [4.69, 9.17) is 4.74 Å². The molecule has 11 heteroatoms. The number of halogens is 3. The van der Waals surface area contributed by atoms with Gasteiger partial charge >= 0.3 is 10.5 Å². The second kappa shape index (κ2) is 8.15. The molecule has 0 saturated heterocycles. The number of methoxy groups -OCH3 is 1. The van der Waals surface area contributed by atoms with Crippen LogP contribution in [0, 0.1) is 17.1 Å². The molecule has 0 atom stereocenters. The summed E-state index contributed by atoms with van der Waals surface area (Å²) in [6.45, 7) is 0. The molecular weight excluding hydrogens is 409 g/mol. The lowest BCUT2D eigenvalue weighted by Crippen LogP contribution is -2.00. The second-order valence-electron chi connectivity index (χ2n) is 5.61. The van der Waals surface area contributed by atoms with E-state index in [1.165, 1.54) is 43.5 Å². The summed E-state index contributed by atoms with van der Waals surface area (Å²) in [6.07, 6.45) is -3.04. The molecule has 0 amide bonds. The summed E-state index contributed by atoms with van der Waals surface area (Å²) in [7, 11) is -1.38. The molecule has 0 radical (unpaired) electrons. The molecule has 1 heterocycles. The maximum absolute atomic E-state index is 14.2. The fourth-order valence-corrected chi connectivity index (χ4v) is 3.00. The second-order valence-corrected chi connectivity index (χ2v) is 6.22. The zero-order valence-electron chi connectivity index (χ0n) is 14.7. The van der Waals surface area contributed by atoms with Crippen LogP contribution in [0.1, 0.15) is 17.7 Å². The van der Waals surface area contributed by atoms with Gasteiger partial charge in [-0.1, -0.05) is 0 Å². The number of aromatic nitrogens is 2. The average molecular weight is 420 g/mol. The lowest BCUT2D eigenvalue weighted by molar-refractivity contribution is 0.145. The summed E-state index contributed by atoms with van der Waals surface area (Å²) in [4.78, 5) is 0. The van der Waals surface area contributed by atoms with Gasteiger partial charge in [0.05, 0.1) is 24.2 Å². The molecule has 0 aliphatic heterocycles. The first-order chi connectivity index (χ1) is 13.8. The Morgan fingerprint density at radius 2 is 1.90 bits per heavy atom. The minimum atomic E-state index is -3.04. The van der Waals surface area contributed by atoms with Crippen LogP contribution in [0.25, 0.3) is 16.9 Å². The van der Waals surface area contributed by atoms with Crippen molar-refractivity contribution in [1.82, 2.24) is 9.78 Å². The molecule has 0 N–H and O–H groups in total. The highest BCUT2D eigenvalue weighted by Crippen LogP contribution is 2.35. The zero-order chi connectivity index (χ0) is 21.1. The Balaban J connectivity index is 2.26. The van der Waals surface area contributed by atoms with Gasteiger partial charge in [-0.25, -0.2) is 17.9 Å². The third-order valence-corrected chi connectivity index (χ3v) is 4.29. The van der Waals surface area contributed by atoms with E-state index in [1.807, 2.05) is 0 Å². The molecule has 7 nitrogen and oxygen atoms in total. The van der Waals surface area contributed by atoms with Crippen LogP contribution in [0.3, 0.4) is 0 Å². The largest absolute Gasteiger partial charge is 0.494 e. The molecule has 0 spiro atoms. The predicted molar refractivity (Wildman–Crippen MR) is 96.2 cm³/mol. The fourth-order valence-electron chi connectivity index (χ4n) is 2.71. The van der Waals surface area contributed by atoms with Gasteiger partial charge in [0.2, 0.25) is 0 Å². The minimum absolute atomic E-state index is 0.0403. The minimum Gasteiger partial charge on any atom is -0.494 e. The molecule has 0 aliphatic carbocycles. The molecule has 3 rings (SSSR count). The van der Waals surface area contributed by atoms with Gasteiger partial charge in [0, 0.05) is 5.56 Å². The number of alkyl halides is 2. The molecule has 0 aliphatic rings. The van der Waals surface area contributed by atoms with Crippen LogP contribution in [0.4, 0.5) is 18.9 Å². The van der Waals surface area contributed by atoms with E-state index < -0.39 is 34.0 Å². The van der Waals surface area contributed by atoms with Gasteiger partial charge < -0.3 is 4.74 Å². The Kier molecular flexibility index (Phi) is 5.65. The van der Waals surface area contributed by atoms with Crippen molar-refractivity contribution in [2.75, 3.05) is 7.11 Å².